The first kappa shape index (κ1) is 18.5. The van der Waals surface area contributed by atoms with Crippen LogP contribution in [0.4, 0.5) is 5.69 Å². The lowest BCUT2D eigenvalue weighted by molar-refractivity contribution is -0.643. The van der Waals surface area contributed by atoms with E-state index >= 15 is 0 Å². The molecule has 5 heteroatoms. The van der Waals surface area contributed by atoms with Gasteiger partial charge >= 0.3 is 0 Å². The summed E-state index contributed by atoms with van der Waals surface area (Å²) in [6, 6.07) is 5.95. The van der Waals surface area contributed by atoms with Crippen LogP contribution in [0.25, 0.3) is 0 Å². The second kappa shape index (κ2) is 9.42. The van der Waals surface area contributed by atoms with Crippen LogP contribution in [0.1, 0.15) is 43.2 Å². The van der Waals surface area contributed by atoms with Gasteiger partial charge in [0.15, 0.2) is 6.54 Å². The molecule has 1 saturated heterocycles. The number of nitrogens with two attached hydrogens (primary N) is 1. The Hall–Kier alpha value is -1.88. The molecule has 1 aliphatic rings. The van der Waals surface area contributed by atoms with Crippen LogP contribution in [0.2, 0.25) is 0 Å². The van der Waals surface area contributed by atoms with Gasteiger partial charge < -0.3 is 15.5 Å². The van der Waals surface area contributed by atoms with Crippen molar-refractivity contribution >= 4 is 17.5 Å². The fourth-order valence-corrected chi connectivity index (χ4v) is 2.97. The molecule has 0 radical (unpaired) electrons. The SMILES string of the molecule is Cc1ccc(NC(=O)C[NH2+]CCCN2CCCCCC2=O)cc1C. The minimum absolute atomic E-state index is 0.0177. The van der Waals surface area contributed by atoms with Crippen molar-refractivity contribution in [2.24, 2.45) is 0 Å². The van der Waals surface area contributed by atoms with E-state index in [1.165, 1.54) is 11.1 Å². The Kier molecular flexibility index (Phi) is 7.25. The summed E-state index contributed by atoms with van der Waals surface area (Å²) in [6.45, 7) is 7.09. The molecule has 2 amide bonds. The number of hydrogen-bond donors (Lipinski definition) is 2. The normalized spacial score (nSPS) is 15.2. The van der Waals surface area contributed by atoms with E-state index in [0.717, 1.165) is 51.0 Å². The second-order valence-electron chi connectivity index (χ2n) is 6.67. The topological polar surface area (TPSA) is 66.0 Å². The number of aryl methyl sites for hydroxylation is 2. The van der Waals surface area contributed by atoms with E-state index in [1.54, 1.807) is 0 Å². The molecular weight excluding hydrogens is 302 g/mol. The first-order valence-electron chi connectivity index (χ1n) is 9.03. The third-order valence-electron chi connectivity index (χ3n) is 4.63. The van der Waals surface area contributed by atoms with Crippen LogP contribution in [0, 0.1) is 13.8 Å². The average Bonchev–Trinajstić information content (AvgIpc) is 2.75. The van der Waals surface area contributed by atoms with Crippen molar-refractivity contribution in [3.05, 3.63) is 29.3 Å². The number of amides is 2. The smallest absolute Gasteiger partial charge is 0.279 e. The number of quaternary nitrogens is 1. The van der Waals surface area contributed by atoms with Crippen molar-refractivity contribution in [3.63, 3.8) is 0 Å². The first-order valence-corrected chi connectivity index (χ1v) is 9.03. The molecule has 3 N–H and O–H groups in total. The lowest BCUT2D eigenvalue weighted by Gasteiger charge is -2.19. The van der Waals surface area contributed by atoms with Crippen LogP contribution in [0.15, 0.2) is 18.2 Å². The van der Waals surface area contributed by atoms with Gasteiger partial charge in [0.05, 0.1) is 6.54 Å². The molecular formula is C19H30N3O2+. The second-order valence-corrected chi connectivity index (χ2v) is 6.67. The highest BCUT2D eigenvalue weighted by Crippen LogP contribution is 2.13. The molecule has 1 aromatic rings. The third kappa shape index (κ3) is 5.96. The van der Waals surface area contributed by atoms with E-state index in [-0.39, 0.29) is 5.91 Å². The summed E-state index contributed by atoms with van der Waals surface area (Å²) in [4.78, 5) is 25.8. The van der Waals surface area contributed by atoms with E-state index in [0.29, 0.717) is 18.9 Å². The minimum Gasteiger partial charge on any atom is -0.342 e. The maximum Gasteiger partial charge on any atom is 0.279 e. The van der Waals surface area contributed by atoms with Gasteiger partial charge in [-0.2, -0.15) is 0 Å². The Morgan fingerprint density at radius 3 is 2.83 bits per heavy atom. The van der Waals surface area contributed by atoms with Crippen LogP contribution < -0.4 is 10.6 Å². The standard InChI is InChI=1S/C19H29N3O2/c1-15-8-9-17(13-16(15)2)21-18(23)14-20-10-6-12-22-11-5-3-4-7-19(22)24/h8-9,13,20H,3-7,10-12,14H2,1-2H3,(H,21,23)/p+1. The van der Waals surface area contributed by atoms with Gasteiger partial charge in [-0.1, -0.05) is 12.5 Å². The fraction of sp³-hybridized carbons (Fsp3) is 0.579. The van der Waals surface area contributed by atoms with Gasteiger partial charge in [-0.05, 0) is 49.9 Å². The molecule has 0 bridgehead atoms. The van der Waals surface area contributed by atoms with E-state index in [1.807, 2.05) is 35.3 Å². The van der Waals surface area contributed by atoms with Gasteiger partial charge in [0, 0.05) is 31.6 Å². The maximum atomic E-state index is 12.0. The lowest BCUT2D eigenvalue weighted by atomic mass is 10.1. The van der Waals surface area contributed by atoms with Gasteiger partial charge in [-0.25, -0.2) is 0 Å². The number of likely N-dealkylation sites (tertiary alicyclic amines) is 1. The van der Waals surface area contributed by atoms with Crippen molar-refractivity contribution in [1.29, 1.82) is 0 Å². The Bertz CT molecular complexity index is 572. The number of nitrogens with one attached hydrogen (secondary N) is 1. The van der Waals surface area contributed by atoms with Crippen LogP contribution in [0.5, 0.6) is 0 Å². The summed E-state index contributed by atoms with van der Waals surface area (Å²) in [7, 11) is 0. The molecule has 132 valence electrons. The molecule has 0 atom stereocenters. The summed E-state index contributed by atoms with van der Waals surface area (Å²) in [5.74, 6) is 0.309. The van der Waals surface area contributed by atoms with Crippen molar-refractivity contribution in [2.75, 3.05) is 31.5 Å². The van der Waals surface area contributed by atoms with Crippen LogP contribution in [0.3, 0.4) is 0 Å². The molecule has 2 rings (SSSR count). The third-order valence-corrected chi connectivity index (χ3v) is 4.63. The Balaban J connectivity index is 1.62. The maximum absolute atomic E-state index is 12.0. The highest BCUT2D eigenvalue weighted by atomic mass is 16.2. The Labute approximate surface area is 144 Å². The highest BCUT2D eigenvalue weighted by molar-refractivity contribution is 5.91. The summed E-state index contributed by atoms with van der Waals surface area (Å²) in [5.41, 5.74) is 3.26. The molecule has 1 aliphatic heterocycles. The van der Waals surface area contributed by atoms with Crippen molar-refractivity contribution in [3.8, 4) is 0 Å². The molecule has 0 saturated carbocycles. The van der Waals surface area contributed by atoms with Crippen LogP contribution in [-0.4, -0.2) is 42.9 Å². The van der Waals surface area contributed by atoms with Crippen LogP contribution in [-0.2, 0) is 9.59 Å². The summed E-state index contributed by atoms with van der Waals surface area (Å²) >= 11 is 0. The molecule has 0 spiro atoms. The van der Waals surface area contributed by atoms with Gasteiger partial charge in [-0.3, -0.25) is 9.59 Å². The largest absolute Gasteiger partial charge is 0.342 e. The molecule has 0 aromatic heterocycles. The molecule has 5 nitrogen and oxygen atoms in total. The van der Waals surface area contributed by atoms with E-state index in [4.69, 9.17) is 0 Å². The molecule has 0 aliphatic carbocycles. The zero-order chi connectivity index (χ0) is 17.4. The number of rotatable bonds is 7. The van der Waals surface area contributed by atoms with E-state index in [9.17, 15) is 9.59 Å². The van der Waals surface area contributed by atoms with Gasteiger partial charge in [0.1, 0.15) is 0 Å². The number of benzene rings is 1. The highest BCUT2D eigenvalue weighted by Gasteiger charge is 2.16. The zero-order valence-corrected chi connectivity index (χ0v) is 14.9. The van der Waals surface area contributed by atoms with Crippen LogP contribution >= 0.6 is 0 Å². The summed E-state index contributed by atoms with van der Waals surface area (Å²) in [6.07, 6.45) is 4.94. The van der Waals surface area contributed by atoms with Gasteiger partial charge in [-0.15, -0.1) is 0 Å². The monoisotopic (exact) mass is 332 g/mol. The number of nitrogens with zero attached hydrogens (tertiary/aromatic N) is 1. The molecule has 1 heterocycles. The quantitative estimate of drug-likeness (QED) is 0.745. The summed E-state index contributed by atoms with van der Waals surface area (Å²) < 4.78 is 0. The number of carbonyl (C=O) groups excluding carboxylic acids is 2. The van der Waals surface area contributed by atoms with Gasteiger partial charge in [0.25, 0.3) is 5.91 Å². The van der Waals surface area contributed by atoms with Crippen molar-refractivity contribution in [1.82, 2.24) is 4.90 Å². The predicted molar refractivity (Wildman–Crippen MR) is 95.9 cm³/mol. The fourth-order valence-electron chi connectivity index (χ4n) is 2.97. The molecule has 1 fully saturated rings. The molecule has 1 aromatic carbocycles. The predicted octanol–water partition coefficient (Wildman–Crippen LogP) is 1.60. The number of carbonyl (C=O) groups is 2. The molecule has 0 unspecified atom stereocenters. The van der Waals surface area contributed by atoms with Crippen molar-refractivity contribution in [2.45, 2.75) is 46.0 Å². The minimum atomic E-state index is 0.0177. The number of hydrogen-bond acceptors (Lipinski definition) is 2. The Morgan fingerprint density at radius 1 is 1.21 bits per heavy atom. The first-order chi connectivity index (χ1) is 11.6. The average molecular weight is 332 g/mol. The van der Waals surface area contributed by atoms with E-state index in [2.05, 4.69) is 12.2 Å². The van der Waals surface area contributed by atoms with Crippen molar-refractivity contribution < 1.29 is 14.9 Å². The van der Waals surface area contributed by atoms with Gasteiger partial charge in [0.2, 0.25) is 5.91 Å². The van der Waals surface area contributed by atoms with E-state index < -0.39 is 0 Å². The number of anilines is 1. The zero-order valence-electron chi connectivity index (χ0n) is 14.9. The summed E-state index contributed by atoms with van der Waals surface area (Å²) in [5, 5.41) is 4.94. The molecule has 24 heavy (non-hydrogen) atoms. The Morgan fingerprint density at radius 2 is 2.04 bits per heavy atom. The lowest BCUT2D eigenvalue weighted by Crippen LogP contribution is -2.86.